The summed E-state index contributed by atoms with van der Waals surface area (Å²) in [7, 11) is 0. The fourth-order valence-corrected chi connectivity index (χ4v) is 3.01. The quantitative estimate of drug-likeness (QED) is 0.936. The average molecular weight is 325 g/mol. The molecule has 0 spiro atoms. The summed E-state index contributed by atoms with van der Waals surface area (Å²) in [5.74, 6) is 1.12. The number of hydrogen-bond acceptors (Lipinski definition) is 3. The second kappa shape index (κ2) is 6.56. The van der Waals surface area contributed by atoms with E-state index >= 15 is 0 Å². The van der Waals surface area contributed by atoms with Crippen LogP contribution in [-0.2, 0) is 4.79 Å². The molecule has 1 aliphatic rings. The highest BCUT2D eigenvalue weighted by Gasteiger charge is 2.34. The lowest BCUT2D eigenvalue weighted by molar-refractivity contribution is -0.134. The van der Waals surface area contributed by atoms with Crippen molar-refractivity contribution in [1.82, 2.24) is 5.32 Å². The molecule has 0 saturated carbocycles. The van der Waals surface area contributed by atoms with Gasteiger partial charge in [-0.25, -0.2) is 0 Å². The summed E-state index contributed by atoms with van der Waals surface area (Å²) in [6, 6.07) is 13.6. The Morgan fingerprint density at radius 2 is 1.75 bits per heavy atom. The van der Waals surface area contributed by atoms with Gasteiger partial charge in [-0.05, 0) is 51.0 Å². The van der Waals surface area contributed by atoms with Gasteiger partial charge in [-0.1, -0.05) is 35.9 Å². The van der Waals surface area contributed by atoms with Gasteiger partial charge in [0.25, 0.3) is 5.91 Å². The number of hydrogen-bond donors (Lipinski definition) is 1. The van der Waals surface area contributed by atoms with Crippen LogP contribution in [0.4, 0.5) is 0 Å². The van der Waals surface area contributed by atoms with E-state index in [4.69, 9.17) is 9.47 Å². The maximum atomic E-state index is 12.7. The van der Waals surface area contributed by atoms with Crippen LogP contribution in [-0.4, -0.2) is 18.1 Å². The third-order valence-electron chi connectivity index (χ3n) is 4.36. The van der Waals surface area contributed by atoms with Crippen LogP contribution >= 0.6 is 0 Å². The van der Waals surface area contributed by atoms with Gasteiger partial charge in [0.2, 0.25) is 6.10 Å². The number of benzene rings is 2. The maximum absolute atomic E-state index is 12.7. The lowest BCUT2D eigenvalue weighted by Crippen LogP contribution is -2.49. The normalized spacial score (nSPS) is 20.3. The molecule has 0 unspecified atom stereocenters. The average Bonchev–Trinajstić information content (AvgIpc) is 2.56. The molecule has 2 aromatic rings. The van der Waals surface area contributed by atoms with Crippen molar-refractivity contribution in [1.29, 1.82) is 0 Å². The Bertz CT molecular complexity index is 756. The van der Waals surface area contributed by atoms with Crippen molar-refractivity contribution in [3.8, 4) is 11.5 Å². The second-order valence-electron chi connectivity index (χ2n) is 6.40. The zero-order valence-corrected chi connectivity index (χ0v) is 14.5. The molecule has 0 saturated heterocycles. The van der Waals surface area contributed by atoms with E-state index in [0.717, 1.165) is 11.1 Å². The molecule has 0 aliphatic carbocycles. The van der Waals surface area contributed by atoms with Gasteiger partial charge >= 0.3 is 0 Å². The van der Waals surface area contributed by atoms with E-state index in [-0.39, 0.29) is 18.1 Å². The molecule has 0 fully saturated rings. The van der Waals surface area contributed by atoms with E-state index in [2.05, 4.69) is 37.4 Å². The second-order valence-corrected chi connectivity index (χ2v) is 6.40. The highest BCUT2D eigenvalue weighted by atomic mass is 16.6. The molecule has 0 radical (unpaired) electrons. The summed E-state index contributed by atoms with van der Waals surface area (Å²) < 4.78 is 11.7. The molecule has 3 atom stereocenters. The predicted molar refractivity (Wildman–Crippen MR) is 93.4 cm³/mol. The molecule has 1 aliphatic heterocycles. The van der Waals surface area contributed by atoms with Crippen LogP contribution in [0.3, 0.4) is 0 Å². The summed E-state index contributed by atoms with van der Waals surface area (Å²) >= 11 is 0. The minimum Gasteiger partial charge on any atom is -0.482 e. The zero-order chi connectivity index (χ0) is 17.3. The first-order chi connectivity index (χ1) is 11.5. The van der Waals surface area contributed by atoms with Gasteiger partial charge in [-0.15, -0.1) is 0 Å². The third kappa shape index (κ3) is 3.23. The number of aryl methyl sites for hydroxylation is 2. The van der Waals surface area contributed by atoms with Crippen molar-refractivity contribution < 1.29 is 14.3 Å². The SMILES string of the molecule is Cc1ccc(C)c([C@H](C)NC(=O)[C@H]2Oc3ccccc3O[C@H]2C)c1. The molecule has 1 amide bonds. The largest absolute Gasteiger partial charge is 0.482 e. The van der Waals surface area contributed by atoms with Crippen molar-refractivity contribution >= 4 is 5.91 Å². The Balaban J connectivity index is 1.74. The van der Waals surface area contributed by atoms with E-state index < -0.39 is 6.10 Å². The summed E-state index contributed by atoms with van der Waals surface area (Å²) in [4.78, 5) is 12.7. The molecular formula is C20H23NO3. The van der Waals surface area contributed by atoms with Crippen LogP contribution in [0, 0.1) is 13.8 Å². The summed E-state index contributed by atoms with van der Waals surface area (Å²) in [5.41, 5.74) is 3.46. The maximum Gasteiger partial charge on any atom is 0.265 e. The summed E-state index contributed by atoms with van der Waals surface area (Å²) in [5, 5.41) is 3.05. The van der Waals surface area contributed by atoms with Crippen molar-refractivity contribution in [2.45, 2.75) is 45.9 Å². The van der Waals surface area contributed by atoms with Gasteiger partial charge in [-0.2, -0.15) is 0 Å². The lowest BCUT2D eigenvalue weighted by Gasteiger charge is -2.32. The lowest BCUT2D eigenvalue weighted by atomic mass is 9.99. The number of carbonyl (C=O) groups excluding carboxylic acids is 1. The number of carbonyl (C=O) groups is 1. The fourth-order valence-electron chi connectivity index (χ4n) is 3.01. The van der Waals surface area contributed by atoms with E-state index in [9.17, 15) is 4.79 Å². The smallest absolute Gasteiger partial charge is 0.265 e. The van der Waals surface area contributed by atoms with E-state index in [1.807, 2.05) is 38.1 Å². The Morgan fingerprint density at radius 1 is 1.08 bits per heavy atom. The van der Waals surface area contributed by atoms with Gasteiger partial charge in [-0.3, -0.25) is 4.79 Å². The first kappa shape index (κ1) is 16.4. The molecule has 4 heteroatoms. The van der Waals surface area contributed by atoms with Crippen LogP contribution in [0.5, 0.6) is 11.5 Å². The Labute approximate surface area is 142 Å². The number of rotatable bonds is 3. The van der Waals surface area contributed by atoms with Gasteiger partial charge in [0.05, 0.1) is 6.04 Å². The molecule has 126 valence electrons. The standard InChI is InChI=1S/C20H23NO3/c1-12-9-10-13(2)16(11-12)14(3)21-20(22)19-15(4)23-17-7-5-6-8-18(17)24-19/h5-11,14-15,19H,1-4H3,(H,21,22)/t14-,15-,19-/m0/s1. The molecule has 4 nitrogen and oxygen atoms in total. The Hall–Kier alpha value is -2.49. The minimum absolute atomic E-state index is 0.0922. The highest BCUT2D eigenvalue weighted by molar-refractivity contribution is 5.82. The van der Waals surface area contributed by atoms with Crippen LogP contribution in [0.25, 0.3) is 0 Å². The molecular weight excluding hydrogens is 302 g/mol. The summed E-state index contributed by atoms with van der Waals surface area (Å²) in [6.45, 7) is 7.94. The van der Waals surface area contributed by atoms with E-state index in [1.54, 1.807) is 0 Å². The molecule has 0 bridgehead atoms. The number of ether oxygens (including phenoxy) is 2. The van der Waals surface area contributed by atoms with Gasteiger partial charge in [0.1, 0.15) is 6.10 Å². The minimum atomic E-state index is -0.660. The highest BCUT2D eigenvalue weighted by Crippen LogP contribution is 2.33. The first-order valence-electron chi connectivity index (χ1n) is 8.25. The van der Waals surface area contributed by atoms with Crippen LogP contribution in [0.15, 0.2) is 42.5 Å². The van der Waals surface area contributed by atoms with Gasteiger partial charge in [0, 0.05) is 0 Å². The van der Waals surface area contributed by atoms with E-state index in [0.29, 0.717) is 11.5 Å². The summed E-state index contributed by atoms with van der Waals surface area (Å²) in [6.07, 6.45) is -1.00. The topological polar surface area (TPSA) is 47.6 Å². The zero-order valence-electron chi connectivity index (χ0n) is 14.5. The van der Waals surface area contributed by atoms with E-state index in [1.165, 1.54) is 5.56 Å². The van der Waals surface area contributed by atoms with Crippen molar-refractivity contribution in [3.05, 3.63) is 59.2 Å². The molecule has 1 heterocycles. The van der Waals surface area contributed by atoms with Crippen molar-refractivity contribution in [2.24, 2.45) is 0 Å². The molecule has 1 N–H and O–H groups in total. The molecule has 2 aromatic carbocycles. The van der Waals surface area contributed by atoms with Crippen molar-refractivity contribution in [2.75, 3.05) is 0 Å². The Kier molecular flexibility index (Phi) is 4.47. The first-order valence-corrected chi connectivity index (χ1v) is 8.25. The molecule has 3 rings (SSSR count). The van der Waals surface area contributed by atoms with Crippen LogP contribution < -0.4 is 14.8 Å². The van der Waals surface area contributed by atoms with Gasteiger partial charge in [0.15, 0.2) is 11.5 Å². The monoisotopic (exact) mass is 325 g/mol. The van der Waals surface area contributed by atoms with Crippen LogP contribution in [0.2, 0.25) is 0 Å². The number of fused-ring (bicyclic) bond motifs is 1. The number of para-hydroxylation sites is 2. The van der Waals surface area contributed by atoms with Crippen LogP contribution in [0.1, 0.15) is 36.6 Å². The predicted octanol–water partition coefficient (Wildman–Crippen LogP) is 3.71. The molecule has 0 aromatic heterocycles. The fraction of sp³-hybridized carbons (Fsp3) is 0.350. The third-order valence-corrected chi connectivity index (χ3v) is 4.36. The molecule has 24 heavy (non-hydrogen) atoms. The van der Waals surface area contributed by atoms with Gasteiger partial charge < -0.3 is 14.8 Å². The Morgan fingerprint density at radius 3 is 2.46 bits per heavy atom. The van der Waals surface area contributed by atoms with Crippen molar-refractivity contribution in [3.63, 3.8) is 0 Å². The number of nitrogens with one attached hydrogen (secondary N) is 1. The number of amides is 1.